The van der Waals surface area contributed by atoms with Gasteiger partial charge in [-0.3, -0.25) is 0 Å². The van der Waals surface area contributed by atoms with Crippen LogP contribution in [0.3, 0.4) is 0 Å². The first kappa shape index (κ1) is 15.1. The van der Waals surface area contributed by atoms with E-state index in [0.717, 1.165) is 30.4 Å². The van der Waals surface area contributed by atoms with E-state index in [1.165, 1.54) is 50.8 Å². The van der Waals surface area contributed by atoms with E-state index in [-0.39, 0.29) is 6.10 Å². The van der Waals surface area contributed by atoms with Gasteiger partial charge >= 0.3 is 0 Å². The van der Waals surface area contributed by atoms with Crippen LogP contribution in [0.5, 0.6) is 0 Å². The highest BCUT2D eigenvalue weighted by molar-refractivity contribution is 5.27. The summed E-state index contributed by atoms with van der Waals surface area (Å²) in [7, 11) is 0. The SMILES string of the molecule is Cc1ccccc1C(O)CCN1CCC2CCCCC2C1. The largest absolute Gasteiger partial charge is 0.388 e. The Morgan fingerprint density at radius 3 is 2.71 bits per heavy atom. The molecule has 3 unspecified atom stereocenters. The number of piperidine rings is 1. The summed E-state index contributed by atoms with van der Waals surface area (Å²) >= 11 is 0. The molecule has 1 aliphatic carbocycles. The van der Waals surface area contributed by atoms with E-state index in [1.54, 1.807) is 0 Å². The normalized spacial score (nSPS) is 28.1. The van der Waals surface area contributed by atoms with Crippen LogP contribution in [0, 0.1) is 18.8 Å². The lowest BCUT2D eigenvalue weighted by molar-refractivity contribution is 0.0704. The lowest BCUT2D eigenvalue weighted by Crippen LogP contribution is -2.42. The van der Waals surface area contributed by atoms with E-state index >= 15 is 0 Å². The molecule has 1 saturated carbocycles. The molecule has 1 aromatic rings. The zero-order valence-electron chi connectivity index (χ0n) is 13.3. The van der Waals surface area contributed by atoms with E-state index in [9.17, 15) is 5.11 Å². The molecule has 1 aromatic carbocycles. The van der Waals surface area contributed by atoms with E-state index in [2.05, 4.69) is 24.0 Å². The van der Waals surface area contributed by atoms with Crippen molar-refractivity contribution in [2.75, 3.05) is 19.6 Å². The maximum Gasteiger partial charge on any atom is 0.0804 e. The van der Waals surface area contributed by atoms with Crippen LogP contribution in [-0.4, -0.2) is 29.6 Å². The molecule has 1 aliphatic heterocycles. The number of hydrogen-bond donors (Lipinski definition) is 1. The van der Waals surface area contributed by atoms with Gasteiger partial charge in [0.2, 0.25) is 0 Å². The topological polar surface area (TPSA) is 23.5 Å². The molecule has 116 valence electrons. The van der Waals surface area contributed by atoms with Crippen molar-refractivity contribution in [2.45, 2.75) is 51.6 Å². The first-order chi connectivity index (χ1) is 10.2. The Balaban J connectivity index is 1.50. The Hall–Kier alpha value is -0.860. The van der Waals surface area contributed by atoms with Gasteiger partial charge in [-0.2, -0.15) is 0 Å². The van der Waals surface area contributed by atoms with Gasteiger partial charge in [0.25, 0.3) is 0 Å². The van der Waals surface area contributed by atoms with Gasteiger partial charge in [-0.25, -0.2) is 0 Å². The minimum atomic E-state index is -0.310. The van der Waals surface area contributed by atoms with Crippen LogP contribution in [0.15, 0.2) is 24.3 Å². The molecule has 0 bridgehead atoms. The summed E-state index contributed by atoms with van der Waals surface area (Å²) in [6, 6.07) is 8.22. The van der Waals surface area contributed by atoms with Crippen molar-refractivity contribution >= 4 is 0 Å². The number of rotatable bonds is 4. The van der Waals surface area contributed by atoms with Crippen molar-refractivity contribution in [1.82, 2.24) is 4.90 Å². The second-order valence-corrected chi connectivity index (χ2v) is 7.05. The summed E-state index contributed by atoms with van der Waals surface area (Å²) in [6.07, 6.45) is 7.71. The van der Waals surface area contributed by atoms with Crippen LogP contribution in [0.25, 0.3) is 0 Å². The second-order valence-electron chi connectivity index (χ2n) is 7.05. The summed E-state index contributed by atoms with van der Waals surface area (Å²) in [5, 5.41) is 10.4. The van der Waals surface area contributed by atoms with Gasteiger partial charge < -0.3 is 10.0 Å². The van der Waals surface area contributed by atoms with E-state index in [1.807, 2.05) is 12.1 Å². The monoisotopic (exact) mass is 287 g/mol. The zero-order valence-corrected chi connectivity index (χ0v) is 13.3. The Labute approximate surface area is 129 Å². The summed E-state index contributed by atoms with van der Waals surface area (Å²) in [5.74, 6) is 1.93. The van der Waals surface area contributed by atoms with Gasteiger partial charge in [-0.15, -0.1) is 0 Å². The van der Waals surface area contributed by atoms with Crippen molar-refractivity contribution in [2.24, 2.45) is 11.8 Å². The zero-order chi connectivity index (χ0) is 14.7. The molecule has 1 saturated heterocycles. The molecule has 0 aromatic heterocycles. The van der Waals surface area contributed by atoms with Gasteiger partial charge in [0.1, 0.15) is 0 Å². The maximum atomic E-state index is 10.4. The molecule has 2 heteroatoms. The molecule has 1 N–H and O–H groups in total. The number of benzene rings is 1. The highest BCUT2D eigenvalue weighted by Crippen LogP contribution is 2.36. The molecule has 0 amide bonds. The fraction of sp³-hybridized carbons (Fsp3) is 0.684. The Bertz CT molecular complexity index is 459. The van der Waals surface area contributed by atoms with Crippen LogP contribution >= 0.6 is 0 Å². The van der Waals surface area contributed by atoms with Crippen molar-refractivity contribution in [1.29, 1.82) is 0 Å². The first-order valence-electron chi connectivity index (χ1n) is 8.70. The minimum Gasteiger partial charge on any atom is -0.388 e. The number of likely N-dealkylation sites (tertiary alicyclic amines) is 1. The maximum absolute atomic E-state index is 10.4. The van der Waals surface area contributed by atoms with Gasteiger partial charge in [0.05, 0.1) is 6.10 Å². The van der Waals surface area contributed by atoms with Crippen molar-refractivity contribution in [3.05, 3.63) is 35.4 Å². The van der Waals surface area contributed by atoms with Gasteiger partial charge in [-0.1, -0.05) is 43.5 Å². The average molecular weight is 287 g/mol. The average Bonchev–Trinajstić information content (AvgIpc) is 2.53. The van der Waals surface area contributed by atoms with Crippen LogP contribution in [-0.2, 0) is 0 Å². The third-order valence-corrected chi connectivity index (χ3v) is 5.64. The smallest absolute Gasteiger partial charge is 0.0804 e. The summed E-state index contributed by atoms with van der Waals surface area (Å²) in [5.41, 5.74) is 2.31. The van der Waals surface area contributed by atoms with Crippen LogP contribution in [0.1, 0.15) is 55.8 Å². The van der Waals surface area contributed by atoms with Gasteiger partial charge in [0.15, 0.2) is 0 Å². The quantitative estimate of drug-likeness (QED) is 0.907. The summed E-state index contributed by atoms with van der Waals surface area (Å²) < 4.78 is 0. The molecule has 2 nitrogen and oxygen atoms in total. The molecule has 3 atom stereocenters. The Morgan fingerprint density at radius 1 is 1.14 bits per heavy atom. The summed E-state index contributed by atoms with van der Waals surface area (Å²) in [6.45, 7) is 5.64. The van der Waals surface area contributed by atoms with Crippen LogP contribution in [0.4, 0.5) is 0 Å². The van der Waals surface area contributed by atoms with E-state index in [4.69, 9.17) is 0 Å². The van der Waals surface area contributed by atoms with Crippen LogP contribution in [0.2, 0.25) is 0 Å². The fourth-order valence-electron chi connectivity index (χ4n) is 4.30. The number of aryl methyl sites for hydroxylation is 1. The second kappa shape index (κ2) is 6.93. The molecule has 0 radical (unpaired) electrons. The van der Waals surface area contributed by atoms with Crippen molar-refractivity contribution < 1.29 is 5.11 Å². The van der Waals surface area contributed by atoms with Crippen molar-refractivity contribution in [3.63, 3.8) is 0 Å². The highest BCUT2D eigenvalue weighted by atomic mass is 16.3. The molecule has 2 fully saturated rings. The number of nitrogens with zero attached hydrogens (tertiary/aromatic N) is 1. The molecular weight excluding hydrogens is 258 g/mol. The molecular formula is C19H29NO. The van der Waals surface area contributed by atoms with Crippen LogP contribution < -0.4 is 0 Å². The van der Waals surface area contributed by atoms with E-state index in [0.29, 0.717) is 0 Å². The number of aliphatic hydroxyl groups is 1. The fourth-order valence-corrected chi connectivity index (χ4v) is 4.30. The van der Waals surface area contributed by atoms with Gasteiger partial charge in [0, 0.05) is 13.1 Å². The van der Waals surface area contributed by atoms with Crippen molar-refractivity contribution in [3.8, 4) is 0 Å². The molecule has 2 aliphatic rings. The van der Waals surface area contributed by atoms with Gasteiger partial charge in [-0.05, 0) is 55.7 Å². The predicted octanol–water partition coefficient (Wildman–Crippen LogP) is 3.93. The number of hydrogen-bond acceptors (Lipinski definition) is 2. The lowest BCUT2D eigenvalue weighted by atomic mass is 9.75. The third kappa shape index (κ3) is 3.67. The number of aliphatic hydroxyl groups excluding tert-OH is 1. The first-order valence-corrected chi connectivity index (χ1v) is 8.70. The Morgan fingerprint density at radius 2 is 1.90 bits per heavy atom. The number of fused-ring (bicyclic) bond motifs is 1. The molecule has 1 heterocycles. The predicted molar refractivity (Wildman–Crippen MR) is 87.3 cm³/mol. The molecule has 0 spiro atoms. The molecule has 21 heavy (non-hydrogen) atoms. The highest BCUT2D eigenvalue weighted by Gasteiger charge is 2.30. The standard InChI is InChI=1S/C19H29NO/c1-15-6-2-5-9-18(15)19(21)11-13-20-12-10-16-7-3-4-8-17(16)14-20/h2,5-6,9,16-17,19,21H,3-4,7-8,10-14H2,1H3. The van der Waals surface area contributed by atoms with E-state index < -0.39 is 0 Å². The minimum absolute atomic E-state index is 0.310. The summed E-state index contributed by atoms with van der Waals surface area (Å²) in [4.78, 5) is 2.59. The lowest BCUT2D eigenvalue weighted by Gasteiger charge is -2.41. The Kier molecular flexibility index (Phi) is 4.97. The third-order valence-electron chi connectivity index (χ3n) is 5.64. The molecule has 3 rings (SSSR count).